The van der Waals surface area contributed by atoms with Gasteiger partial charge in [-0.15, -0.1) is 0 Å². The van der Waals surface area contributed by atoms with E-state index in [9.17, 15) is 18.0 Å². The van der Waals surface area contributed by atoms with E-state index in [0.717, 1.165) is 11.1 Å². The lowest BCUT2D eigenvalue weighted by Gasteiger charge is -2.26. The lowest BCUT2D eigenvalue weighted by molar-refractivity contribution is -0.201. The van der Waals surface area contributed by atoms with Crippen LogP contribution in [0.1, 0.15) is 11.1 Å². The topological polar surface area (TPSA) is 29.5 Å². The van der Waals surface area contributed by atoms with Crippen molar-refractivity contribution in [2.75, 3.05) is 0 Å². The van der Waals surface area contributed by atoms with Crippen LogP contribution in [-0.2, 0) is 17.7 Å². The molecule has 0 N–H and O–H groups in total. The predicted octanol–water partition coefficient (Wildman–Crippen LogP) is 4.18. The summed E-state index contributed by atoms with van der Waals surface area (Å²) in [5.74, 6) is 0. The third kappa shape index (κ3) is 3.53. The Morgan fingerprint density at radius 3 is 2.00 bits per heavy atom. The summed E-state index contributed by atoms with van der Waals surface area (Å²) in [7, 11) is 0. The molecule has 0 saturated carbocycles. The molecule has 0 unspecified atom stereocenters. The van der Waals surface area contributed by atoms with Gasteiger partial charge in [-0.05, 0) is 17.5 Å². The summed E-state index contributed by atoms with van der Waals surface area (Å²) in [5, 5.41) is 0. The molecule has 0 aliphatic carbocycles. The minimum absolute atomic E-state index is 0.0869. The number of halogens is 3. The van der Waals surface area contributed by atoms with Crippen molar-refractivity contribution in [1.29, 1.82) is 0 Å². The fourth-order valence-corrected chi connectivity index (χ4v) is 2.87. The Kier molecular flexibility index (Phi) is 4.46. The van der Waals surface area contributed by atoms with Gasteiger partial charge in [-0.3, -0.25) is 4.90 Å². The number of hydrogen-bond donors (Lipinski definition) is 0. The molecule has 24 heavy (non-hydrogen) atoms. The third-order valence-electron chi connectivity index (χ3n) is 4.02. The summed E-state index contributed by atoms with van der Waals surface area (Å²) < 4.78 is 44.5. The van der Waals surface area contributed by atoms with Gasteiger partial charge in [-0.2, -0.15) is 13.2 Å². The molecule has 0 radical (unpaired) electrons. The zero-order valence-corrected chi connectivity index (χ0v) is 12.7. The molecule has 3 rings (SSSR count). The third-order valence-corrected chi connectivity index (χ3v) is 4.02. The maximum Gasteiger partial charge on any atom is 0.427 e. The Morgan fingerprint density at radius 1 is 0.917 bits per heavy atom. The molecule has 3 nitrogen and oxygen atoms in total. The average Bonchev–Trinajstić information content (AvgIpc) is 2.86. The first-order valence-corrected chi connectivity index (χ1v) is 7.57. The summed E-state index contributed by atoms with van der Waals surface area (Å²) in [6.07, 6.45) is -7.56. The van der Waals surface area contributed by atoms with E-state index in [0.29, 0.717) is 0 Å². The second-order valence-corrected chi connectivity index (χ2v) is 5.72. The number of benzene rings is 2. The van der Waals surface area contributed by atoms with Crippen molar-refractivity contribution in [1.82, 2.24) is 4.90 Å². The van der Waals surface area contributed by atoms with Crippen LogP contribution >= 0.6 is 0 Å². The summed E-state index contributed by atoms with van der Waals surface area (Å²) in [4.78, 5) is 13.2. The van der Waals surface area contributed by atoms with Crippen LogP contribution in [0.4, 0.5) is 18.0 Å². The first-order valence-electron chi connectivity index (χ1n) is 7.57. The van der Waals surface area contributed by atoms with Crippen molar-refractivity contribution in [2.24, 2.45) is 0 Å². The van der Waals surface area contributed by atoms with Crippen LogP contribution in [0.3, 0.4) is 0 Å². The molecule has 126 valence electrons. The van der Waals surface area contributed by atoms with Gasteiger partial charge in [0.2, 0.25) is 6.10 Å². The first-order chi connectivity index (χ1) is 11.4. The van der Waals surface area contributed by atoms with Gasteiger partial charge in [0, 0.05) is 6.54 Å². The molecule has 1 aliphatic heterocycles. The SMILES string of the molecule is O=C1O[C@@H](C(F)(F)F)[C@H](Cc2ccccc2)N1Cc1ccccc1. The highest BCUT2D eigenvalue weighted by Crippen LogP contribution is 2.35. The number of carbonyl (C=O) groups excluding carboxylic acids is 1. The standard InChI is InChI=1S/C18H16F3NO2/c19-18(20,21)16-15(11-13-7-3-1-4-8-13)22(17(23)24-16)12-14-9-5-2-6-10-14/h1-10,15-16H,11-12H2/t15-,16+/m0/s1. The fraction of sp³-hybridized carbons (Fsp3) is 0.278. The smallest absolute Gasteiger partial charge is 0.427 e. The largest absolute Gasteiger partial charge is 0.434 e. The second-order valence-electron chi connectivity index (χ2n) is 5.72. The lowest BCUT2D eigenvalue weighted by Crippen LogP contribution is -2.44. The quantitative estimate of drug-likeness (QED) is 0.839. The molecule has 2 aromatic rings. The molecule has 0 bridgehead atoms. The number of cyclic esters (lactones) is 1. The van der Waals surface area contributed by atoms with E-state index in [1.807, 2.05) is 6.07 Å². The van der Waals surface area contributed by atoms with Crippen LogP contribution in [0.5, 0.6) is 0 Å². The highest BCUT2D eigenvalue weighted by atomic mass is 19.4. The Labute approximate surface area is 137 Å². The molecular formula is C18H16F3NO2. The van der Waals surface area contributed by atoms with E-state index >= 15 is 0 Å². The normalized spacial score (nSPS) is 21.0. The van der Waals surface area contributed by atoms with Crippen LogP contribution in [-0.4, -0.2) is 29.3 Å². The molecule has 0 spiro atoms. The first kappa shape index (κ1) is 16.4. The lowest BCUT2D eigenvalue weighted by atomic mass is 10.00. The number of alkyl halides is 3. The molecule has 1 heterocycles. The molecule has 6 heteroatoms. The number of nitrogens with zero attached hydrogens (tertiary/aromatic N) is 1. The summed E-state index contributed by atoms with van der Waals surface area (Å²) in [6.45, 7) is 0.0871. The van der Waals surface area contributed by atoms with Gasteiger partial charge < -0.3 is 4.74 Å². The van der Waals surface area contributed by atoms with Crippen molar-refractivity contribution in [3.63, 3.8) is 0 Å². The highest BCUT2D eigenvalue weighted by Gasteiger charge is 2.55. The molecule has 1 saturated heterocycles. The Bertz CT molecular complexity index is 688. The Hall–Kier alpha value is -2.50. The van der Waals surface area contributed by atoms with Crippen LogP contribution in [0.25, 0.3) is 0 Å². The summed E-state index contributed by atoms with van der Waals surface area (Å²) in [5.41, 5.74) is 1.49. The van der Waals surface area contributed by atoms with Gasteiger partial charge >= 0.3 is 12.3 Å². The summed E-state index contributed by atoms with van der Waals surface area (Å²) in [6, 6.07) is 16.6. The summed E-state index contributed by atoms with van der Waals surface area (Å²) >= 11 is 0. The van der Waals surface area contributed by atoms with E-state index < -0.39 is 24.4 Å². The maximum absolute atomic E-state index is 13.3. The van der Waals surface area contributed by atoms with Crippen molar-refractivity contribution in [2.45, 2.75) is 31.3 Å². The van der Waals surface area contributed by atoms with E-state index in [4.69, 9.17) is 0 Å². The fourth-order valence-electron chi connectivity index (χ4n) is 2.87. The predicted molar refractivity (Wildman–Crippen MR) is 82.2 cm³/mol. The van der Waals surface area contributed by atoms with E-state index in [1.165, 1.54) is 4.90 Å². The number of ether oxygens (including phenoxy) is 1. The average molecular weight is 335 g/mol. The molecule has 1 aliphatic rings. The minimum Gasteiger partial charge on any atom is -0.434 e. The second kappa shape index (κ2) is 6.55. The molecular weight excluding hydrogens is 319 g/mol. The van der Waals surface area contributed by atoms with Gasteiger partial charge in [-0.25, -0.2) is 4.79 Å². The number of carbonyl (C=O) groups is 1. The number of amides is 1. The van der Waals surface area contributed by atoms with Crippen LogP contribution in [0, 0.1) is 0 Å². The van der Waals surface area contributed by atoms with Gasteiger partial charge in [0.25, 0.3) is 0 Å². The van der Waals surface area contributed by atoms with Gasteiger partial charge in [0.05, 0.1) is 6.04 Å². The minimum atomic E-state index is -4.60. The van der Waals surface area contributed by atoms with Gasteiger partial charge in [0.15, 0.2) is 0 Å². The highest BCUT2D eigenvalue weighted by molar-refractivity contribution is 5.71. The molecule has 1 fully saturated rings. The van der Waals surface area contributed by atoms with Gasteiger partial charge in [0.1, 0.15) is 0 Å². The van der Waals surface area contributed by atoms with Gasteiger partial charge in [-0.1, -0.05) is 60.7 Å². The van der Waals surface area contributed by atoms with E-state index in [1.54, 1.807) is 54.6 Å². The van der Waals surface area contributed by atoms with Crippen LogP contribution in [0.15, 0.2) is 60.7 Å². The van der Waals surface area contributed by atoms with Crippen LogP contribution < -0.4 is 0 Å². The maximum atomic E-state index is 13.3. The van der Waals surface area contributed by atoms with Crippen LogP contribution in [0.2, 0.25) is 0 Å². The monoisotopic (exact) mass is 335 g/mol. The van der Waals surface area contributed by atoms with E-state index in [2.05, 4.69) is 4.74 Å². The zero-order chi connectivity index (χ0) is 17.2. The van der Waals surface area contributed by atoms with E-state index in [-0.39, 0.29) is 13.0 Å². The van der Waals surface area contributed by atoms with Crippen molar-refractivity contribution >= 4 is 6.09 Å². The van der Waals surface area contributed by atoms with Crippen molar-refractivity contribution in [3.8, 4) is 0 Å². The number of hydrogen-bond acceptors (Lipinski definition) is 2. The van der Waals surface area contributed by atoms with Crippen molar-refractivity contribution in [3.05, 3.63) is 71.8 Å². The molecule has 2 atom stereocenters. The Morgan fingerprint density at radius 2 is 1.46 bits per heavy atom. The molecule has 2 aromatic carbocycles. The zero-order valence-electron chi connectivity index (χ0n) is 12.7. The Balaban J connectivity index is 1.88. The van der Waals surface area contributed by atoms with Crippen molar-refractivity contribution < 1.29 is 22.7 Å². The molecule has 0 aromatic heterocycles. The number of rotatable bonds is 4. The molecule has 1 amide bonds.